The van der Waals surface area contributed by atoms with E-state index in [0.29, 0.717) is 6.92 Å². The van der Waals surface area contributed by atoms with Gasteiger partial charge in [-0.05, 0) is 33.6 Å². The second-order valence-corrected chi connectivity index (χ2v) is 7.37. The van der Waals surface area contributed by atoms with E-state index < -0.39 is 72.5 Å². The standard InChI is InChI=1S/C16H22F8O3/c1-5-9-6-10(15(20,21)13(4,17)14(9,18)19)11(25)27-8(2)7-12(3,26)16(22,23)24/h8-10,26H,5-7H2,1-4H3. The Morgan fingerprint density at radius 1 is 1.19 bits per heavy atom. The smallest absolute Gasteiger partial charge is 0.417 e. The van der Waals surface area contributed by atoms with Crippen LogP contribution in [0.5, 0.6) is 0 Å². The van der Waals surface area contributed by atoms with Crippen molar-refractivity contribution in [3.05, 3.63) is 0 Å². The predicted molar refractivity (Wildman–Crippen MR) is 78.1 cm³/mol. The lowest BCUT2D eigenvalue weighted by Gasteiger charge is -2.48. The Balaban J connectivity index is 3.03. The van der Waals surface area contributed by atoms with Gasteiger partial charge in [0.2, 0.25) is 5.67 Å². The molecule has 0 aliphatic heterocycles. The zero-order chi connectivity index (χ0) is 21.6. The van der Waals surface area contributed by atoms with Crippen LogP contribution in [0.3, 0.4) is 0 Å². The van der Waals surface area contributed by atoms with E-state index in [0.717, 1.165) is 6.92 Å². The fourth-order valence-corrected chi connectivity index (χ4v) is 3.18. The second kappa shape index (κ2) is 7.04. The SMILES string of the molecule is CCC1CC(C(=O)OC(C)CC(C)(O)C(F)(F)F)C(F)(F)C(C)(F)C1(F)F. The van der Waals surface area contributed by atoms with E-state index >= 15 is 0 Å². The molecule has 160 valence electrons. The summed E-state index contributed by atoms with van der Waals surface area (Å²) in [7, 11) is 0. The van der Waals surface area contributed by atoms with E-state index in [4.69, 9.17) is 0 Å². The minimum Gasteiger partial charge on any atom is -0.462 e. The summed E-state index contributed by atoms with van der Waals surface area (Å²) < 4.78 is 113. The molecule has 1 fully saturated rings. The topological polar surface area (TPSA) is 46.5 Å². The van der Waals surface area contributed by atoms with Crippen molar-refractivity contribution in [3.8, 4) is 0 Å². The number of alkyl halides is 8. The molecule has 0 spiro atoms. The molecule has 27 heavy (non-hydrogen) atoms. The number of hydrogen-bond donors (Lipinski definition) is 1. The summed E-state index contributed by atoms with van der Waals surface area (Å²) in [6.45, 7) is 2.52. The molecule has 5 atom stereocenters. The van der Waals surface area contributed by atoms with Crippen molar-refractivity contribution >= 4 is 5.97 Å². The third-order valence-corrected chi connectivity index (χ3v) is 5.11. The first kappa shape index (κ1) is 23.9. The molecule has 1 saturated carbocycles. The maximum absolute atomic E-state index is 14.3. The molecule has 1 aliphatic carbocycles. The molecule has 1 aliphatic rings. The number of ether oxygens (including phenoxy) is 1. The van der Waals surface area contributed by atoms with Crippen LogP contribution < -0.4 is 0 Å². The number of carbonyl (C=O) groups excluding carboxylic acids is 1. The maximum Gasteiger partial charge on any atom is 0.417 e. The Morgan fingerprint density at radius 2 is 1.67 bits per heavy atom. The molecular formula is C16H22F8O3. The van der Waals surface area contributed by atoms with Gasteiger partial charge in [-0.15, -0.1) is 0 Å². The highest BCUT2D eigenvalue weighted by molar-refractivity contribution is 5.74. The minimum absolute atomic E-state index is 0.00697. The molecule has 1 rings (SSSR count). The van der Waals surface area contributed by atoms with Crippen LogP contribution in [0.25, 0.3) is 0 Å². The van der Waals surface area contributed by atoms with Gasteiger partial charge in [0.15, 0.2) is 5.60 Å². The van der Waals surface area contributed by atoms with Crippen LogP contribution in [0.2, 0.25) is 0 Å². The molecule has 11 heteroatoms. The number of halogens is 8. The average molecular weight is 414 g/mol. The van der Waals surface area contributed by atoms with Crippen LogP contribution in [-0.4, -0.2) is 46.5 Å². The molecule has 0 amide bonds. The first-order valence-corrected chi connectivity index (χ1v) is 8.27. The summed E-state index contributed by atoms with van der Waals surface area (Å²) in [5.74, 6) is -15.5. The molecule has 0 aromatic rings. The van der Waals surface area contributed by atoms with Crippen LogP contribution in [-0.2, 0) is 9.53 Å². The summed E-state index contributed by atoms with van der Waals surface area (Å²) in [4.78, 5) is 12.0. The van der Waals surface area contributed by atoms with Gasteiger partial charge in [-0.2, -0.15) is 13.2 Å². The molecule has 0 heterocycles. The van der Waals surface area contributed by atoms with E-state index in [1.807, 2.05) is 0 Å². The fourth-order valence-electron chi connectivity index (χ4n) is 3.18. The molecular weight excluding hydrogens is 392 g/mol. The normalized spacial score (nSPS) is 33.8. The summed E-state index contributed by atoms with van der Waals surface area (Å²) >= 11 is 0. The summed E-state index contributed by atoms with van der Waals surface area (Å²) in [5.41, 5.74) is -7.61. The first-order valence-electron chi connectivity index (χ1n) is 8.27. The van der Waals surface area contributed by atoms with Crippen molar-refractivity contribution < 1.29 is 49.8 Å². The largest absolute Gasteiger partial charge is 0.462 e. The van der Waals surface area contributed by atoms with Crippen LogP contribution >= 0.6 is 0 Å². The van der Waals surface area contributed by atoms with Gasteiger partial charge in [0.1, 0.15) is 12.0 Å². The highest BCUT2D eigenvalue weighted by atomic mass is 19.4. The highest BCUT2D eigenvalue weighted by Gasteiger charge is 2.76. The lowest BCUT2D eigenvalue weighted by Crippen LogP contribution is -2.66. The van der Waals surface area contributed by atoms with Crippen LogP contribution in [0.4, 0.5) is 35.1 Å². The first-order chi connectivity index (χ1) is 11.8. The number of carbonyl (C=O) groups is 1. The van der Waals surface area contributed by atoms with Gasteiger partial charge >= 0.3 is 12.1 Å². The van der Waals surface area contributed by atoms with Gasteiger partial charge in [-0.25, -0.2) is 22.0 Å². The van der Waals surface area contributed by atoms with Gasteiger partial charge in [0.25, 0.3) is 11.8 Å². The summed E-state index contributed by atoms with van der Waals surface area (Å²) in [6, 6.07) is 0. The quantitative estimate of drug-likeness (QED) is 0.526. The maximum atomic E-state index is 14.3. The predicted octanol–water partition coefficient (Wildman–Crippen LogP) is 4.67. The average Bonchev–Trinajstić information content (AvgIpc) is 2.43. The van der Waals surface area contributed by atoms with E-state index in [-0.39, 0.29) is 6.92 Å². The Bertz CT molecular complexity index is 556. The molecule has 0 saturated heterocycles. The third-order valence-electron chi connectivity index (χ3n) is 5.11. The van der Waals surface area contributed by atoms with Crippen molar-refractivity contribution in [1.29, 1.82) is 0 Å². The van der Waals surface area contributed by atoms with Gasteiger partial charge in [0, 0.05) is 12.3 Å². The summed E-state index contributed by atoms with van der Waals surface area (Å²) in [6.07, 6.45) is -9.39. The molecule has 1 N–H and O–H groups in total. The van der Waals surface area contributed by atoms with E-state index in [1.54, 1.807) is 0 Å². The molecule has 0 radical (unpaired) electrons. The Labute approximate surface area is 151 Å². The van der Waals surface area contributed by atoms with Gasteiger partial charge in [-0.1, -0.05) is 6.92 Å². The van der Waals surface area contributed by atoms with Gasteiger partial charge < -0.3 is 9.84 Å². The number of esters is 1. The van der Waals surface area contributed by atoms with Crippen molar-refractivity contribution in [2.75, 3.05) is 0 Å². The lowest BCUT2D eigenvalue weighted by molar-refractivity contribution is -0.306. The molecule has 0 aromatic carbocycles. The molecule has 0 bridgehead atoms. The van der Waals surface area contributed by atoms with Crippen molar-refractivity contribution in [2.24, 2.45) is 11.8 Å². The zero-order valence-corrected chi connectivity index (χ0v) is 15.1. The number of rotatable bonds is 5. The van der Waals surface area contributed by atoms with E-state index in [9.17, 15) is 45.0 Å². The van der Waals surface area contributed by atoms with Crippen molar-refractivity contribution in [3.63, 3.8) is 0 Å². The molecule has 0 aromatic heterocycles. The fraction of sp³-hybridized carbons (Fsp3) is 0.938. The van der Waals surface area contributed by atoms with E-state index in [1.165, 1.54) is 6.92 Å². The van der Waals surface area contributed by atoms with Crippen LogP contribution in [0.1, 0.15) is 47.0 Å². The third kappa shape index (κ3) is 4.02. The Morgan fingerprint density at radius 3 is 2.07 bits per heavy atom. The Kier molecular flexibility index (Phi) is 6.23. The minimum atomic E-state index is -5.07. The monoisotopic (exact) mass is 414 g/mol. The number of aliphatic hydroxyl groups is 1. The molecule has 5 unspecified atom stereocenters. The Hall–Kier alpha value is -1.13. The van der Waals surface area contributed by atoms with Crippen molar-refractivity contribution in [1.82, 2.24) is 0 Å². The van der Waals surface area contributed by atoms with E-state index in [2.05, 4.69) is 4.74 Å². The van der Waals surface area contributed by atoms with Crippen molar-refractivity contribution in [2.45, 2.75) is 82.4 Å². The highest BCUT2D eigenvalue weighted by Crippen LogP contribution is 2.58. The van der Waals surface area contributed by atoms with Crippen LogP contribution in [0.15, 0.2) is 0 Å². The number of hydrogen-bond acceptors (Lipinski definition) is 3. The zero-order valence-electron chi connectivity index (χ0n) is 15.1. The molecule has 3 nitrogen and oxygen atoms in total. The van der Waals surface area contributed by atoms with Gasteiger partial charge in [0.05, 0.1) is 0 Å². The summed E-state index contributed by atoms with van der Waals surface area (Å²) in [5, 5.41) is 9.36. The second-order valence-electron chi connectivity index (χ2n) is 7.37. The lowest BCUT2D eigenvalue weighted by atomic mass is 9.67. The van der Waals surface area contributed by atoms with Crippen LogP contribution in [0, 0.1) is 11.8 Å². The van der Waals surface area contributed by atoms with Gasteiger partial charge in [-0.3, -0.25) is 4.79 Å².